The van der Waals surface area contributed by atoms with Gasteiger partial charge in [0, 0.05) is 29.9 Å². The number of benzene rings is 1. The van der Waals surface area contributed by atoms with Gasteiger partial charge in [-0.3, -0.25) is 10.00 Å². The van der Waals surface area contributed by atoms with E-state index in [4.69, 9.17) is 0 Å². The zero-order valence-electron chi connectivity index (χ0n) is 14.4. The Kier molecular flexibility index (Phi) is 6.06. The molecule has 5 nitrogen and oxygen atoms in total. The third kappa shape index (κ3) is 4.39. The molecule has 3 heterocycles. The lowest BCUT2D eigenvalue weighted by molar-refractivity contribution is 0.222. The first-order valence-corrected chi connectivity index (χ1v) is 9.40. The molecular weight excluding hydrogens is 354 g/mol. The van der Waals surface area contributed by atoms with Crippen molar-refractivity contribution < 1.29 is 0 Å². The van der Waals surface area contributed by atoms with E-state index >= 15 is 0 Å². The number of aromatic amines is 1. The van der Waals surface area contributed by atoms with E-state index in [1.165, 1.54) is 27.9 Å². The van der Waals surface area contributed by atoms with Crippen LogP contribution in [0.25, 0.3) is 10.9 Å². The van der Waals surface area contributed by atoms with Crippen molar-refractivity contribution >= 4 is 34.6 Å². The van der Waals surface area contributed by atoms with E-state index in [-0.39, 0.29) is 12.4 Å². The maximum absolute atomic E-state index is 4.41. The van der Waals surface area contributed by atoms with Crippen LogP contribution in [-0.4, -0.2) is 39.7 Å². The largest absolute Gasteiger partial charge is 0.316 e. The summed E-state index contributed by atoms with van der Waals surface area (Å²) in [6.07, 6.45) is 3.15. The maximum Gasteiger partial charge on any atom is 0.0798 e. The molecule has 0 saturated carbocycles. The second-order valence-corrected chi connectivity index (χ2v) is 7.62. The number of halogens is 1. The van der Waals surface area contributed by atoms with E-state index in [0.29, 0.717) is 0 Å². The van der Waals surface area contributed by atoms with Gasteiger partial charge >= 0.3 is 0 Å². The van der Waals surface area contributed by atoms with Crippen LogP contribution in [0.4, 0.5) is 0 Å². The molecule has 0 spiro atoms. The molecule has 25 heavy (non-hydrogen) atoms. The Hall–Kier alpha value is -1.47. The number of H-pyrrole nitrogens is 1. The van der Waals surface area contributed by atoms with Gasteiger partial charge in [-0.1, -0.05) is 12.1 Å². The summed E-state index contributed by atoms with van der Waals surface area (Å²) in [7, 11) is 0. The van der Waals surface area contributed by atoms with Gasteiger partial charge in [-0.15, -0.1) is 23.7 Å². The zero-order valence-corrected chi connectivity index (χ0v) is 16.0. The molecule has 2 aromatic heterocycles. The fourth-order valence-electron chi connectivity index (χ4n) is 3.44. The lowest BCUT2D eigenvalue weighted by Gasteiger charge is -2.25. The van der Waals surface area contributed by atoms with Gasteiger partial charge in [0.1, 0.15) is 0 Å². The average molecular weight is 378 g/mol. The van der Waals surface area contributed by atoms with Crippen molar-refractivity contribution in [2.45, 2.75) is 26.4 Å². The molecule has 134 valence electrons. The first-order chi connectivity index (χ1) is 11.8. The predicted molar refractivity (Wildman–Crippen MR) is 105 cm³/mol. The van der Waals surface area contributed by atoms with Crippen molar-refractivity contribution in [1.82, 2.24) is 25.4 Å². The Balaban J connectivity index is 0.00000182. The van der Waals surface area contributed by atoms with Gasteiger partial charge in [0.05, 0.1) is 22.9 Å². The molecule has 1 aliphatic rings. The highest BCUT2D eigenvalue weighted by molar-refractivity contribution is 7.09. The molecule has 0 amide bonds. The highest BCUT2D eigenvalue weighted by Crippen LogP contribution is 2.21. The summed E-state index contributed by atoms with van der Waals surface area (Å²) >= 11 is 1.77. The zero-order chi connectivity index (χ0) is 16.4. The third-order valence-electron chi connectivity index (χ3n) is 4.80. The Bertz CT molecular complexity index is 809. The van der Waals surface area contributed by atoms with Crippen molar-refractivity contribution in [3.8, 4) is 0 Å². The molecule has 3 aromatic rings. The van der Waals surface area contributed by atoms with E-state index < -0.39 is 0 Å². The number of hydrogen-bond donors (Lipinski definition) is 2. The molecule has 0 radical (unpaired) electrons. The normalized spacial score (nSPS) is 17.3. The van der Waals surface area contributed by atoms with Crippen LogP contribution in [-0.2, 0) is 13.1 Å². The second-order valence-electron chi connectivity index (χ2n) is 6.68. The average Bonchev–Trinajstić information content (AvgIpc) is 3.30. The SMILES string of the molecule is Cc1ncsc1CN(Cc1ccc2cn[nH]c2c1)CC1CCNC1.Cl. The summed E-state index contributed by atoms with van der Waals surface area (Å²) in [4.78, 5) is 8.35. The van der Waals surface area contributed by atoms with Gasteiger partial charge in [0.25, 0.3) is 0 Å². The second kappa shape index (κ2) is 8.27. The quantitative estimate of drug-likeness (QED) is 0.691. The molecule has 1 saturated heterocycles. The molecule has 1 aliphatic heterocycles. The van der Waals surface area contributed by atoms with Crippen LogP contribution < -0.4 is 5.32 Å². The number of nitrogens with zero attached hydrogens (tertiary/aromatic N) is 3. The number of nitrogens with one attached hydrogen (secondary N) is 2. The Morgan fingerprint density at radius 1 is 1.32 bits per heavy atom. The smallest absolute Gasteiger partial charge is 0.0798 e. The highest BCUT2D eigenvalue weighted by Gasteiger charge is 2.19. The van der Waals surface area contributed by atoms with E-state index in [0.717, 1.165) is 44.2 Å². The number of aromatic nitrogens is 3. The molecule has 4 rings (SSSR count). The summed E-state index contributed by atoms with van der Waals surface area (Å²) < 4.78 is 0. The number of thiazole rings is 1. The van der Waals surface area contributed by atoms with Gasteiger partial charge in [-0.05, 0) is 44.0 Å². The first-order valence-electron chi connectivity index (χ1n) is 8.52. The van der Waals surface area contributed by atoms with Crippen LogP contribution in [0.15, 0.2) is 29.9 Å². The molecule has 7 heteroatoms. The molecule has 1 unspecified atom stereocenters. The van der Waals surface area contributed by atoms with Crippen molar-refractivity contribution in [3.05, 3.63) is 46.0 Å². The minimum Gasteiger partial charge on any atom is -0.316 e. The Morgan fingerprint density at radius 2 is 2.24 bits per heavy atom. The van der Waals surface area contributed by atoms with Gasteiger partial charge in [0.2, 0.25) is 0 Å². The van der Waals surface area contributed by atoms with Crippen LogP contribution in [0, 0.1) is 12.8 Å². The Morgan fingerprint density at radius 3 is 3.00 bits per heavy atom. The summed E-state index contributed by atoms with van der Waals surface area (Å²) in [6.45, 7) is 7.47. The fraction of sp³-hybridized carbons (Fsp3) is 0.444. The van der Waals surface area contributed by atoms with Crippen molar-refractivity contribution in [2.75, 3.05) is 19.6 Å². The van der Waals surface area contributed by atoms with Crippen molar-refractivity contribution in [3.63, 3.8) is 0 Å². The van der Waals surface area contributed by atoms with Crippen LogP contribution in [0.5, 0.6) is 0 Å². The predicted octanol–water partition coefficient (Wildman–Crippen LogP) is 3.36. The van der Waals surface area contributed by atoms with E-state index in [1.807, 2.05) is 11.7 Å². The maximum atomic E-state index is 4.41. The molecule has 1 fully saturated rings. The number of aryl methyl sites for hydroxylation is 1. The minimum atomic E-state index is 0. The number of hydrogen-bond acceptors (Lipinski definition) is 5. The molecule has 2 N–H and O–H groups in total. The highest BCUT2D eigenvalue weighted by atomic mass is 35.5. The number of fused-ring (bicyclic) bond motifs is 1. The van der Waals surface area contributed by atoms with E-state index in [9.17, 15) is 0 Å². The third-order valence-corrected chi connectivity index (χ3v) is 5.72. The molecule has 1 aromatic carbocycles. The van der Waals surface area contributed by atoms with Gasteiger partial charge in [0.15, 0.2) is 0 Å². The number of rotatable bonds is 6. The monoisotopic (exact) mass is 377 g/mol. The van der Waals surface area contributed by atoms with Crippen molar-refractivity contribution in [1.29, 1.82) is 0 Å². The van der Waals surface area contributed by atoms with Crippen molar-refractivity contribution in [2.24, 2.45) is 5.92 Å². The summed E-state index contributed by atoms with van der Waals surface area (Å²) in [5.41, 5.74) is 5.57. The lowest BCUT2D eigenvalue weighted by Crippen LogP contribution is -2.30. The fourth-order valence-corrected chi connectivity index (χ4v) is 4.26. The summed E-state index contributed by atoms with van der Waals surface area (Å²) in [5, 5.41) is 11.9. The van der Waals surface area contributed by atoms with Gasteiger partial charge in [-0.25, -0.2) is 4.98 Å². The summed E-state index contributed by atoms with van der Waals surface area (Å²) in [6, 6.07) is 6.60. The molecular formula is C18H24ClN5S. The van der Waals surface area contributed by atoms with Gasteiger partial charge in [-0.2, -0.15) is 5.10 Å². The van der Waals surface area contributed by atoms with E-state index in [1.54, 1.807) is 11.3 Å². The Labute approximate surface area is 158 Å². The molecule has 0 bridgehead atoms. The van der Waals surface area contributed by atoms with Crippen LogP contribution in [0.3, 0.4) is 0 Å². The standard InChI is InChI=1S/C18H23N5S.ClH/c1-13-18(24-12-20-13)11-23(10-15-4-5-19-7-15)9-14-2-3-16-8-21-22-17(16)6-14;/h2-3,6,8,12,15,19H,4-5,7,9-11H2,1H3,(H,21,22);1H. The lowest BCUT2D eigenvalue weighted by atomic mass is 10.1. The van der Waals surface area contributed by atoms with Crippen LogP contribution >= 0.6 is 23.7 Å². The minimum absolute atomic E-state index is 0. The molecule has 1 atom stereocenters. The van der Waals surface area contributed by atoms with E-state index in [2.05, 4.69) is 50.5 Å². The first kappa shape index (κ1) is 18.3. The molecule has 0 aliphatic carbocycles. The summed E-state index contributed by atoms with van der Waals surface area (Å²) in [5.74, 6) is 0.745. The topological polar surface area (TPSA) is 56.8 Å². The van der Waals surface area contributed by atoms with Gasteiger partial charge < -0.3 is 5.32 Å². The van der Waals surface area contributed by atoms with Crippen LogP contribution in [0.1, 0.15) is 22.6 Å². The van der Waals surface area contributed by atoms with Crippen LogP contribution in [0.2, 0.25) is 0 Å².